The zero-order valence-corrected chi connectivity index (χ0v) is 11.6. The Morgan fingerprint density at radius 1 is 1.47 bits per heavy atom. The van der Waals surface area contributed by atoms with Crippen LogP contribution in [0.25, 0.3) is 0 Å². The molecule has 0 atom stereocenters. The smallest absolute Gasteiger partial charge is 0.312 e. The number of hydrogen-bond acceptors (Lipinski definition) is 5. The van der Waals surface area contributed by atoms with Crippen molar-refractivity contribution < 1.29 is 14.5 Å². The van der Waals surface area contributed by atoms with Gasteiger partial charge in [0.1, 0.15) is 0 Å². The summed E-state index contributed by atoms with van der Waals surface area (Å²) in [6.07, 6.45) is 0. The molecule has 0 aromatic heterocycles. The predicted molar refractivity (Wildman–Crippen MR) is 73.8 cm³/mol. The van der Waals surface area contributed by atoms with E-state index >= 15 is 0 Å². The van der Waals surface area contributed by atoms with Crippen LogP contribution in [0.5, 0.6) is 5.75 Å². The number of carbonyl (C=O) groups excluding carboxylic acids is 1. The molecular weight excluding hydrogens is 274 g/mol. The van der Waals surface area contributed by atoms with Gasteiger partial charge >= 0.3 is 5.69 Å². The molecule has 0 aliphatic heterocycles. The Bertz CT molecular complexity index is 485. The maximum Gasteiger partial charge on any atom is 0.312 e. The number of halogens is 1. The highest BCUT2D eigenvalue weighted by Crippen LogP contribution is 2.29. The average Bonchev–Trinajstić information content (AvgIpc) is 2.27. The SMILES string of the molecule is COc1ccc(NC(=O)C(C)(C)N)cc1[N+](=O)[O-].Cl. The fourth-order valence-electron chi connectivity index (χ4n) is 1.20. The fourth-order valence-corrected chi connectivity index (χ4v) is 1.20. The molecule has 0 saturated heterocycles. The van der Waals surface area contributed by atoms with E-state index in [1.54, 1.807) is 13.8 Å². The summed E-state index contributed by atoms with van der Waals surface area (Å²) in [4.78, 5) is 21.9. The summed E-state index contributed by atoms with van der Waals surface area (Å²) >= 11 is 0. The molecule has 0 unspecified atom stereocenters. The van der Waals surface area contributed by atoms with Gasteiger partial charge in [-0.1, -0.05) is 0 Å². The van der Waals surface area contributed by atoms with Crippen molar-refractivity contribution >= 4 is 29.7 Å². The van der Waals surface area contributed by atoms with Crippen molar-refractivity contribution in [3.8, 4) is 5.75 Å². The Balaban J connectivity index is 0.00000324. The van der Waals surface area contributed by atoms with Crippen LogP contribution in [0.2, 0.25) is 0 Å². The second-order valence-corrected chi connectivity index (χ2v) is 4.32. The van der Waals surface area contributed by atoms with Crippen molar-refractivity contribution in [1.82, 2.24) is 0 Å². The van der Waals surface area contributed by atoms with Crippen molar-refractivity contribution in [2.45, 2.75) is 19.4 Å². The highest BCUT2D eigenvalue weighted by atomic mass is 35.5. The summed E-state index contributed by atoms with van der Waals surface area (Å²) in [6.45, 7) is 3.08. The average molecular weight is 290 g/mol. The lowest BCUT2D eigenvalue weighted by atomic mass is 10.1. The molecule has 0 heterocycles. The number of nitrogens with one attached hydrogen (secondary N) is 1. The molecule has 8 heteroatoms. The van der Waals surface area contributed by atoms with Gasteiger partial charge in [0.15, 0.2) is 5.75 Å². The second kappa shape index (κ2) is 6.35. The molecule has 0 fully saturated rings. The number of carbonyl (C=O) groups is 1. The van der Waals surface area contributed by atoms with E-state index < -0.39 is 16.4 Å². The van der Waals surface area contributed by atoms with Crippen LogP contribution in [0.4, 0.5) is 11.4 Å². The third kappa shape index (κ3) is 4.38. The number of nitrogens with zero attached hydrogens (tertiary/aromatic N) is 1. The Kier molecular flexibility index (Phi) is 5.73. The Labute approximate surface area is 116 Å². The molecule has 1 rings (SSSR count). The summed E-state index contributed by atoms with van der Waals surface area (Å²) in [5, 5.41) is 13.3. The van der Waals surface area contributed by atoms with Crippen molar-refractivity contribution in [2.24, 2.45) is 5.73 Å². The van der Waals surface area contributed by atoms with E-state index in [9.17, 15) is 14.9 Å². The molecule has 1 aromatic carbocycles. The quantitative estimate of drug-likeness (QED) is 0.648. The third-order valence-electron chi connectivity index (χ3n) is 2.22. The summed E-state index contributed by atoms with van der Waals surface area (Å²) in [6, 6.07) is 4.15. The Morgan fingerprint density at radius 3 is 2.47 bits per heavy atom. The van der Waals surface area contributed by atoms with Gasteiger partial charge in [0.25, 0.3) is 0 Å². The van der Waals surface area contributed by atoms with Crippen LogP contribution in [-0.2, 0) is 4.79 Å². The van der Waals surface area contributed by atoms with Crippen LogP contribution in [0.15, 0.2) is 18.2 Å². The van der Waals surface area contributed by atoms with Gasteiger partial charge in [-0.05, 0) is 26.0 Å². The molecule has 0 bridgehead atoms. The summed E-state index contributed by atoms with van der Waals surface area (Å²) in [5.74, 6) is -0.299. The monoisotopic (exact) mass is 289 g/mol. The van der Waals surface area contributed by atoms with E-state index in [1.807, 2.05) is 0 Å². The molecule has 19 heavy (non-hydrogen) atoms. The van der Waals surface area contributed by atoms with E-state index in [2.05, 4.69) is 5.32 Å². The summed E-state index contributed by atoms with van der Waals surface area (Å²) < 4.78 is 4.85. The predicted octanol–water partition coefficient (Wildman–Crippen LogP) is 1.70. The minimum atomic E-state index is -1.06. The molecular formula is C11H16ClN3O4. The minimum absolute atomic E-state index is 0. The molecule has 3 N–H and O–H groups in total. The molecule has 106 valence electrons. The van der Waals surface area contributed by atoms with E-state index in [4.69, 9.17) is 10.5 Å². The third-order valence-corrected chi connectivity index (χ3v) is 2.22. The number of nitro groups is 1. The van der Waals surface area contributed by atoms with E-state index in [-0.39, 0.29) is 23.8 Å². The van der Waals surface area contributed by atoms with Crippen LogP contribution < -0.4 is 15.8 Å². The lowest BCUT2D eigenvalue weighted by Crippen LogP contribution is -2.45. The molecule has 0 saturated carbocycles. The minimum Gasteiger partial charge on any atom is -0.490 e. The van der Waals surface area contributed by atoms with Crippen molar-refractivity contribution in [3.63, 3.8) is 0 Å². The largest absolute Gasteiger partial charge is 0.490 e. The number of ether oxygens (including phenoxy) is 1. The van der Waals surface area contributed by atoms with E-state index in [0.717, 1.165) is 0 Å². The first-order valence-electron chi connectivity index (χ1n) is 5.18. The van der Waals surface area contributed by atoms with Crippen molar-refractivity contribution in [2.75, 3.05) is 12.4 Å². The first-order valence-corrected chi connectivity index (χ1v) is 5.18. The number of methoxy groups -OCH3 is 1. The number of amides is 1. The number of nitro benzene ring substituents is 1. The molecule has 0 aliphatic rings. The van der Waals surface area contributed by atoms with Gasteiger partial charge in [0.2, 0.25) is 5.91 Å². The number of hydrogen-bond donors (Lipinski definition) is 2. The summed E-state index contributed by atoms with van der Waals surface area (Å²) in [7, 11) is 1.34. The molecule has 1 aromatic rings. The van der Waals surface area contributed by atoms with Crippen molar-refractivity contribution in [3.05, 3.63) is 28.3 Å². The first-order chi connectivity index (χ1) is 8.25. The van der Waals surface area contributed by atoms with Crippen LogP contribution in [0.3, 0.4) is 0 Å². The van der Waals surface area contributed by atoms with Gasteiger partial charge < -0.3 is 15.8 Å². The molecule has 0 spiro atoms. The van der Waals surface area contributed by atoms with Crippen molar-refractivity contribution in [1.29, 1.82) is 0 Å². The van der Waals surface area contributed by atoms with Gasteiger partial charge in [-0.15, -0.1) is 12.4 Å². The fraction of sp³-hybridized carbons (Fsp3) is 0.364. The number of nitrogens with two attached hydrogens (primary N) is 1. The molecule has 1 amide bonds. The number of benzene rings is 1. The number of anilines is 1. The van der Waals surface area contributed by atoms with Gasteiger partial charge in [0, 0.05) is 11.8 Å². The lowest BCUT2D eigenvalue weighted by molar-refractivity contribution is -0.385. The number of rotatable bonds is 4. The molecule has 0 aliphatic carbocycles. The zero-order chi connectivity index (χ0) is 13.9. The van der Waals surface area contributed by atoms with Crippen LogP contribution in [-0.4, -0.2) is 23.5 Å². The van der Waals surface area contributed by atoms with Gasteiger partial charge in [-0.3, -0.25) is 14.9 Å². The van der Waals surface area contributed by atoms with E-state index in [0.29, 0.717) is 5.69 Å². The standard InChI is InChI=1S/C11H15N3O4.ClH/c1-11(2,12)10(15)13-7-4-5-9(18-3)8(6-7)14(16)17;/h4-6H,12H2,1-3H3,(H,13,15);1H. The first kappa shape index (κ1) is 17.1. The van der Waals surface area contributed by atoms with Crippen LogP contribution in [0.1, 0.15) is 13.8 Å². The maximum absolute atomic E-state index is 11.6. The van der Waals surface area contributed by atoms with Gasteiger partial charge in [-0.25, -0.2) is 0 Å². The zero-order valence-electron chi connectivity index (χ0n) is 10.8. The lowest BCUT2D eigenvalue weighted by Gasteiger charge is -2.17. The topological polar surface area (TPSA) is 107 Å². The Morgan fingerprint density at radius 2 is 2.05 bits per heavy atom. The van der Waals surface area contributed by atoms with Gasteiger partial charge in [0.05, 0.1) is 17.6 Å². The van der Waals surface area contributed by atoms with Gasteiger partial charge in [-0.2, -0.15) is 0 Å². The van der Waals surface area contributed by atoms with Crippen LogP contribution >= 0.6 is 12.4 Å². The highest BCUT2D eigenvalue weighted by Gasteiger charge is 2.23. The van der Waals surface area contributed by atoms with E-state index in [1.165, 1.54) is 25.3 Å². The molecule has 0 radical (unpaired) electrons. The summed E-state index contributed by atoms with van der Waals surface area (Å²) in [5.41, 5.74) is 4.63. The highest BCUT2D eigenvalue weighted by molar-refractivity contribution is 5.97. The Hall–Kier alpha value is -1.86. The molecule has 7 nitrogen and oxygen atoms in total. The normalized spacial score (nSPS) is 10.3. The van der Waals surface area contributed by atoms with Crippen LogP contribution in [0, 0.1) is 10.1 Å². The maximum atomic E-state index is 11.6. The second-order valence-electron chi connectivity index (χ2n) is 4.32.